The Kier molecular flexibility index (Phi) is 5.02. The molecule has 1 aromatic carbocycles. The van der Waals surface area contributed by atoms with E-state index in [4.69, 9.17) is 5.73 Å². The number of aliphatic hydroxyl groups excluding tert-OH is 1. The molecule has 1 aromatic rings. The van der Waals surface area contributed by atoms with Crippen molar-refractivity contribution in [2.45, 2.75) is 38.3 Å². The highest BCUT2D eigenvalue weighted by atomic mass is 19.4. The Balaban J connectivity index is 2.96. The lowest BCUT2D eigenvalue weighted by Gasteiger charge is -2.20. The number of hydrogen-bond donors (Lipinski definition) is 3. The summed E-state index contributed by atoms with van der Waals surface area (Å²) in [7, 11) is 0. The van der Waals surface area contributed by atoms with E-state index in [9.17, 15) is 23.4 Å². The Morgan fingerprint density at radius 2 is 2.00 bits per heavy atom. The predicted octanol–water partition coefficient (Wildman–Crippen LogP) is 2.45. The molecule has 2 atom stereocenters. The van der Waals surface area contributed by atoms with E-state index >= 15 is 0 Å². The van der Waals surface area contributed by atoms with Crippen molar-refractivity contribution in [2.24, 2.45) is 5.73 Å². The van der Waals surface area contributed by atoms with Crippen molar-refractivity contribution < 1.29 is 28.1 Å². The van der Waals surface area contributed by atoms with Crippen LogP contribution in [0.5, 0.6) is 11.5 Å². The van der Waals surface area contributed by atoms with Crippen molar-refractivity contribution in [3.05, 3.63) is 23.8 Å². The molecule has 4 nitrogen and oxygen atoms in total. The number of aliphatic hydroxyl groups is 1. The van der Waals surface area contributed by atoms with Crippen LogP contribution in [0.1, 0.15) is 31.4 Å². The van der Waals surface area contributed by atoms with Crippen LogP contribution in [0.15, 0.2) is 18.2 Å². The smallest absolute Gasteiger partial charge is 0.508 e. The van der Waals surface area contributed by atoms with E-state index in [-0.39, 0.29) is 11.3 Å². The lowest BCUT2D eigenvalue weighted by molar-refractivity contribution is -0.274. The zero-order chi connectivity index (χ0) is 14.6. The van der Waals surface area contributed by atoms with Crippen molar-refractivity contribution >= 4 is 0 Å². The minimum Gasteiger partial charge on any atom is -0.508 e. The first-order valence-electron chi connectivity index (χ1n) is 5.77. The standard InChI is InChI=1S/C12H16F3NO3/c1-2-3-10(18)11(16)8-6-7(4-5-9(8)17)19-12(13,14)15/h4-6,10-11,17-18H,2-3,16H2,1H3/t10-,11+/m0/s1. The number of ether oxygens (including phenoxy) is 1. The van der Waals surface area contributed by atoms with Crippen LogP contribution in [0.2, 0.25) is 0 Å². The zero-order valence-electron chi connectivity index (χ0n) is 10.3. The van der Waals surface area contributed by atoms with E-state index in [0.29, 0.717) is 12.8 Å². The monoisotopic (exact) mass is 279 g/mol. The molecule has 0 aliphatic heterocycles. The number of rotatable bonds is 5. The van der Waals surface area contributed by atoms with Crippen LogP contribution in [-0.2, 0) is 0 Å². The SMILES string of the molecule is CCC[C@H](O)[C@H](N)c1cc(OC(F)(F)F)ccc1O. The van der Waals surface area contributed by atoms with Crippen LogP contribution in [0.3, 0.4) is 0 Å². The fraction of sp³-hybridized carbons (Fsp3) is 0.500. The maximum Gasteiger partial charge on any atom is 0.573 e. The van der Waals surface area contributed by atoms with Crippen LogP contribution in [-0.4, -0.2) is 22.7 Å². The molecule has 7 heteroatoms. The van der Waals surface area contributed by atoms with Gasteiger partial charge in [0.1, 0.15) is 11.5 Å². The number of phenols is 1. The Labute approximate surface area is 108 Å². The summed E-state index contributed by atoms with van der Waals surface area (Å²) < 4.78 is 40.0. The summed E-state index contributed by atoms with van der Waals surface area (Å²) in [4.78, 5) is 0. The molecular formula is C12H16F3NO3. The van der Waals surface area contributed by atoms with Gasteiger partial charge in [0.15, 0.2) is 0 Å². The Morgan fingerprint density at radius 1 is 1.37 bits per heavy atom. The van der Waals surface area contributed by atoms with Crippen molar-refractivity contribution in [1.29, 1.82) is 0 Å². The molecule has 0 spiro atoms. The van der Waals surface area contributed by atoms with Gasteiger partial charge in [-0.15, -0.1) is 13.2 Å². The Morgan fingerprint density at radius 3 is 2.53 bits per heavy atom. The molecule has 0 unspecified atom stereocenters. The van der Waals surface area contributed by atoms with Gasteiger partial charge in [-0.05, 0) is 24.6 Å². The summed E-state index contributed by atoms with van der Waals surface area (Å²) >= 11 is 0. The molecule has 0 saturated carbocycles. The van der Waals surface area contributed by atoms with Gasteiger partial charge >= 0.3 is 6.36 Å². The topological polar surface area (TPSA) is 75.7 Å². The summed E-state index contributed by atoms with van der Waals surface area (Å²) in [6.07, 6.45) is -4.73. The van der Waals surface area contributed by atoms with Crippen LogP contribution in [0.4, 0.5) is 13.2 Å². The van der Waals surface area contributed by atoms with E-state index in [1.54, 1.807) is 0 Å². The van der Waals surface area contributed by atoms with Crippen LogP contribution < -0.4 is 10.5 Å². The average molecular weight is 279 g/mol. The number of phenolic OH excluding ortho intramolecular Hbond substituents is 1. The second-order valence-electron chi connectivity index (χ2n) is 4.15. The molecule has 0 radical (unpaired) electrons. The lowest BCUT2D eigenvalue weighted by atomic mass is 9.98. The van der Waals surface area contributed by atoms with E-state index in [2.05, 4.69) is 4.74 Å². The summed E-state index contributed by atoms with van der Waals surface area (Å²) in [5, 5.41) is 19.3. The molecule has 108 valence electrons. The first-order chi connectivity index (χ1) is 8.74. The Bertz CT molecular complexity index is 423. The fourth-order valence-electron chi connectivity index (χ4n) is 1.68. The van der Waals surface area contributed by atoms with Crippen molar-refractivity contribution in [1.82, 2.24) is 0 Å². The van der Waals surface area contributed by atoms with Crippen LogP contribution in [0.25, 0.3) is 0 Å². The van der Waals surface area contributed by atoms with Gasteiger partial charge in [-0.1, -0.05) is 13.3 Å². The maximum atomic E-state index is 12.1. The second-order valence-corrected chi connectivity index (χ2v) is 4.15. The third-order valence-corrected chi connectivity index (χ3v) is 2.59. The van der Waals surface area contributed by atoms with Gasteiger partial charge in [-0.25, -0.2) is 0 Å². The molecule has 0 saturated heterocycles. The van der Waals surface area contributed by atoms with E-state index in [1.807, 2.05) is 6.92 Å². The number of aromatic hydroxyl groups is 1. The number of nitrogens with two attached hydrogens (primary N) is 1. The largest absolute Gasteiger partial charge is 0.573 e. The molecule has 0 aromatic heterocycles. The third-order valence-electron chi connectivity index (χ3n) is 2.59. The molecule has 4 N–H and O–H groups in total. The highest BCUT2D eigenvalue weighted by Crippen LogP contribution is 2.32. The number of benzene rings is 1. The van der Waals surface area contributed by atoms with Crippen molar-refractivity contribution in [3.8, 4) is 11.5 Å². The van der Waals surface area contributed by atoms with E-state index in [0.717, 1.165) is 18.2 Å². The molecule has 0 aliphatic carbocycles. The number of hydrogen-bond acceptors (Lipinski definition) is 4. The lowest BCUT2D eigenvalue weighted by Crippen LogP contribution is -2.26. The van der Waals surface area contributed by atoms with Crippen LogP contribution >= 0.6 is 0 Å². The average Bonchev–Trinajstić information content (AvgIpc) is 2.29. The van der Waals surface area contributed by atoms with Gasteiger partial charge in [-0.2, -0.15) is 0 Å². The van der Waals surface area contributed by atoms with Gasteiger partial charge < -0.3 is 20.7 Å². The summed E-state index contributed by atoms with van der Waals surface area (Å²) in [5.74, 6) is -0.767. The third kappa shape index (κ3) is 4.60. The van der Waals surface area contributed by atoms with Crippen LogP contribution in [0, 0.1) is 0 Å². The first-order valence-corrected chi connectivity index (χ1v) is 5.77. The summed E-state index contributed by atoms with van der Waals surface area (Å²) in [6.45, 7) is 1.83. The molecule has 0 amide bonds. The quantitative estimate of drug-likeness (QED) is 0.774. The number of halogens is 3. The molecule has 0 bridgehead atoms. The molecule has 0 fully saturated rings. The number of alkyl halides is 3. The minimum absolute atomic E-state index is 0.0164. The fourth-order valence-corrected chi connectivity index (χ4v) is 1.68. The highest BCUT2D eigenvalue weighted by Gasteiger charge is 2.31. The first kappa shape index (κ1) is 15.6. The molecule has 0 heterocycles. The normalized spacial score (nSPS) is 15.1. The molecular weight excluding hydrogens is 263 g/mol. The second kappa shape index (κ2) is 6.12. The molecule has 0 aliphatic rings. The van der Waals surface area contributed by atoms with Gasteiger partial charge in [0.05, 0.1) is 12.1 Å². The van der Waals surface area contributed by atoms with Gasteiger partial charge in [0.2, 0.25) is 0 Å². The maximum absolute atomic E-state index is 12.1. The van der Waals surface area contributed by atoms with Gasteiger partial charge in [0.25, 0.3) is 0 Å². The summed E-state index contributed by atoms with van der Waals surface area (Å²) in [5.41, 5.74) is 5.73. The predicted molar refractivity (Wildman–Crippen MR) is 62.6 cm³/mol. The van der Waals surface area contributed by atoms with Crippen molar-refractivity contribution in [2.75, 3.05) is 0 Å². The molecule has 1 rings (SSSR count). The van der Waals surface area contributed by atoms with E-state index in [1.165, 1.54) is 0 Å². The Hall–Kier alpha value is -1.47. The molecule has 19 heavy (non-hydrogen) atoms. The summed E-state index contributed by atoms with van der Waals surface area (Å²) in [6, 6.07) is 2.03. The van der Waals surface area contributed by atoms with Crippen molar-refractivity contribution in [3.63, 3.8) is 0 Å². The van der Waals surface area contributed by atoms with Gasteiger partial charge in [-0.3, -0.25) is 0 Å². The zero-order valence-corrected chi connectivity index (χ0v) is 10.3. The van der Waals surface area contributed by atoms with Gasteiger partial charge in [0, 0.05) is 5.56 Å². The minimum atomic E-state index is -4.82. The highest BCUT2D eigenvalue weighted by molar-refractivity contribution is 5.41. The van der Waals surface area contributed by atoms with E-state index < -0.39 is 24.3 Å².